The fraction of sp³-hybridized carbons (Fsp3) is 0.531. The third-order valence-corrected chi connectivity index (χ3v) is 10.5. The largest absolute Gasteiger partial charge is 0.504 e. The standard InChI is InChI=1S/C32H33F3N2O4/c1-18-15-23(36(2)26(39)12-7-19-5-9-22(10-6-19)32(33,34)35)29-30-13-14-37(17-20-3-4-20)25(31(18,30)40)16-21-8-11-24(38)28(41-29)27(21)30/h5-6,8-11,18,20,23,25,29,38,40H,3-4,13-17H2,1-2H3/t18-,23-,25+,29+,30-,31+/m0/s1. The van der Waals surface area contributed by atoms with E-state index in [9.17, 15) is 28.2 Å². The van der Waals surface area contributed by atoms with Crippen molar-refractivity contribution in [2.75, 3.05) is 20.1 Å². The van der Waals surface area contributed by atoms with Gasteiger partial charge in [-0.05, 0) is 86.4 Å². The summed E-state index contributed by atoms with van der Waals surface area (Å²) in [7, 11) is 1.66. The van der Waals surface area contributed by atoms with Crippen molar-refractivity contribution >= 4 is 5.91 Å². The molecule has 2 bridgehead atoms. The summed E-state index contributed by atoms with van der Waals surface area (Å²) in [4.78, 5) is 17.4. The summed E-state index contributed by atoms with van der Waals surface area (Å²) in [5, 5.41) is 23.7. The highest BCUT2D eigenvalue weighted by Gasteiger charge is 2.75. The Bertz CT molecular complexity index is 1480. The number of alkyl halides is 3. The maximum Gasteiger partial charge on any atom is 0.416 e. The second-order valence-corrected chi connectivity index (χ2v) is 12.6. The van der Waals surface area contributed by atoms with E-state index < -0.39 is 40.8 Å². The molecule has 2 saturated carbocycles. The van der Waals surface area contributed by atoms with E-state index in [1.54, 1.807) is 18.0 Å². The average Bonchev–Trinajstić information content (AvgIpc) is 3.68. The first-order chi connectivity index (χ1) is 19.4. The van der Waals surface area contributed by atoms with Crippen molar-refractivity contribution in [3.05, 3.63) is 58.7 Å². The van der Waals surface area contributed by atoms with Crippen molar-refractivity contribution in [2.24, 2.45) is 11.8 Å². The van der Waals surface area contributed by atoms with E-state index in [0.29, 0.717) is 36.5 Å². The summed E-state index contributed by atoms with van der Waals surface area (Å²) in [5.41, 5.74) is -0.369. The zero-order valence-electron chi connectivity index (χ0n) is 23.0. The highest BCUT2D eigenvalue weighted by molar-refractivity contribution is 5.94. The molecular weight excluding hydrogens is 533 g/mol. The molecule has 5 aliphatic rings. The maximum absolute atomic E-state index is 13.4. The lowest BCUT2D eigenvalue weighted by molar-refractivity contribution is -0.224. The lowest BCUT2D eigenvalue weighted by Gasteiger charge is -2.66. The monoisotopic (exact) mass is 566 g/mol. The second kappa shape index (κ2) is 8.89. The Labute approximate surface area is 237 Å². The molecule has 2 N–H and O–H groups in total. The van der Waals surface area contributed by atoms with Crippen molar-refractivity contribution in [2.45, 2.75) is 74.4 Å². The number of rotatable bonds is 3. The van der Waals surface area contributed by atoms with E-state index in [0.717, 1.165) is 36.3 Å². The third-order valence-electron chi connectivity index (χ3n) is 10.5. The first-order valence-electron chi connectivity index (χ1n) is 14.4. The van der Waals surface area contributed by atoms with Crippen molar-refractivity contribution in [3.8, 4) is 23.3 Å². The zero-order chi connectivity index (χ0) is 28.9. The second-order valence-electron chi connectivity index (χ2n) is 12.6. The maximum atomic E-state index is 13.4. The normalized spacial score (nSPS) is 33.3. The molecule has 0 aromatic heterocycles. The van der Waals surface area contributed by atoms with Gasteiger partial charge in [0, 0.05) is 36.7 Å². The molecule has 2 heterocycles. The lowest BCUT2D eigenvalue weighted by Crippen LogP contribution is -2.80. The predicted molar refractivity (Wildman–Crippen MR) is 144 cm³/mol. The van der Waals surface area contributed by atoms with Crippen LogP contribution in [0.4, 0.5) is 13.2 Å². The number of amides is 1. The van der Waals surface area contributed by atoms with E-state index >= 15 is 0 Å². The van der Waals surface area contributed by atoms with E-state index in [1.807, 2.05) is 6.07 Å². The number of aromatic hydroxyl groups is 1. The summed E-state index contributed by atoms with van der Waals surface area (Å²) in [5.74, 6) is 5.78. The van der Waals surface area contributed by atoms with Gasteiger partial charge in [-0.15, -0.1) is 0 Å². The lowest BCUT2D eigenvalue weighted by atomic mass is 9.45. The topological polar surface area (TPSA) is 73.2 Å². The van der Waals surface area contributed by atoms with Gasteiger partial charge in [0.1, 0.15) is 6.10 Å². The molecule has 41 heavy (non-hydrogen) atoms. The fourth-order valence-electron chi connectivity index (χ4n) is 8.36. The van der Waals surface area contributed by atoms with Gasteiger partial charge in [-0.1, -0.05) is 18.9 Å². The van der Waals surface area contributed by atoms with Crippen LogP contribution in [0.1, 0.15) is 54.9 Å². The number of nitrogens with zero attached hydrogens (tertiary/aromatic N) is 2. The van der Waals surface area contributed by atoms with Crippen LogP contribution in [0.25, 0.3) is 0 Å². The van der Waals surface area contributed by atoms with Crippen LogP contribution in [-0.2, 0) is 22.8 Å². The molecule has 0 unspecified atom stereocenters. The molecule has 9 heteroatoms. The van der Waals surface area contributed by atoms with Crippen LogP contribution in [-0.4, -0.2) is 69.8 Å². The number of carbonyl (C=O) groups excluding carboxylic acids is 1. The molecular formula is C32H33F3N2O4. The Morgan fingerprint density at radius 1 is 1.20 bits per heavy atom. The summed E-state index contributed by atoms with van der Waals surface area (Å²) >= 11 is 0. The van der Waals surface area contributed by atoms with Crippen molar-refractivity contribution in [1.29, 1.82) is 0 Å². The number of phenolic OH excluding ortho intramolecular Hbond substituents is 1. The molecule has 2 aromatic rings. The number of benzene rings is 2. The van der Waals surface area contributed by atoms with E-state index in [-0.39, 0.29) is 17.7 Å². The number of likely N-dealkylation sites (tertiary alicyclic amines) is 1. The van der Waals surface area contributed by atoms with Crippen LogP contribution in [0, 0.1) is 23.7 Å². The minimum Gasteiger partial charge on any atom is -0.504 e. The van der Waals surface area contributed by atoms with Crippen LogP contribution < -0.4 is 4.74 Å². The summed E-state index contributed by atoms with van der Waals surface area (Å²) < 4.78 is 45.3. The number of hydrogen-bond acceptors (Lipinski definition) is 5. The Kier molecular flexibility index (Phi) is 5.78. The molecule has 2 aromatic carbocycles. The number of aliphatic hydroxyl groups is 1. The number of piperidine rings is 1. The van der Waals surface area contributed by atoms with Gasteiger partial charge in [-0.3, -0.25) is 9.69 Å². The summed E-state index contributed by atoms with van der Waals surface area (Å²) in [6.45, 7) is 3.84. The first kappa shape index (κ1) is 26.7. The summed E-state index contributed by atoms with van der Waals surface area (Å²) in [6, 6.07) is 7.51. The fourth-order valence-corrected chi connectivity index (χ4v) is 8.36. The molecule has 3 aliphatic carbocycles. The predicted octanol–water partition coefficient (Wildman–Crippen LogP) is 4.10. The number of ether oxygens (including phenoxy) is 1. The van der Waals surface area contributed by atoms with Gasteiger partial charge in [0.05, 0.1) is 22.6 Å². The van der Waals surface area contributed by atoms with Gasteiger partial charge in [0.2, 0.25) is 0 Å². The van der Waals surface area contributed by atoms with Crippen molar-refractivity contribution in [3.63, 3.8) is 0 Å². The number of likely N-dealkylation sites (N-methyl/N-ethyl adjacent to an activating group) is 1. The first-order valence-corrected chi connectivity index (χ1v) is 14.4. The van der Waals surface area contributed by atoms with Gasteiger partial charge >= 0.3 is 6.18 Å². The smallest absolute Gasteiger partial charge is 0.416 e. The van der Waals surface area contributed by atoms with Crippen molar-refractivity contribution in [1.82, 2.24) is 9.80 Å². The summed E-state index contributed by atoms with van der Waals surface area (Å²) in [6.07, 6.45) is -0.729. The molecule has 6 atom stereocenters. The minimum atomic E-state index is -4.44. The molecule has 0 radical (unpaired) electrons. The van der Waals surface area contributed by atoms with Gasteiger partial charge in [-0.2, -0.15) is 13.2 Å². The zero-order valence-corrected chi connectivity index (χ0v) is 23.0. The van der Waals surface area contributed by atoms with E-state index in [2.05, 4.69) is 23.7 Å². The van der Waals surface area contributed by atoms with Crippen LogP contribution in [0.5, 0.6) is 11.5 Å². The van der Waals surface area contributed by atoms with Gasteiger partial charge in [0.15, 0.2) is 11.5 Å². The Hall–Kier alpha value is -3.22. The van der Waals surface area contributed by atoms with Crippen LogP contribution in [0.3, 0.4) is 0 Å². The molecule has 2 aliphatic heterocycles. The quantitative estimate of drug-likeness (QED) is 0.548. The van der Waals surface area contributed by atoms with Crippen LogP contribution in [0.15, 0.2) is 36.4 Å². The number of carbonyl (C=O) groups is 1. The highest BCUT2D eigenvalue weighted by atomic mass is 19.4. The molecule has 1 saturated heterocycles. The minimum absolute atomic E-state index is 0.0382. The van der Waals surface area contributed by atoms with E-state index in [4.69, 9.17) is 4.74 Å². The molecule has 3 fully saturated rings. The third kappa shape index (κ3) is 3.76. The Balaban J connectivity index is 1.23. The number of hydrogen-bond donors (Lipinski definition) is 2. The molecule has 216 valence electrons. The average molecular weight is 567 g/mol. The highest BCUT2D eigenvalue weighted by Crippen LogP contribution is 2.67. The van der Waals surface area contributed by atoms with Crippen LogP contribution >= 0.6 is 0 Å². The van der Waals surface area contributed by atoms with Gasteiger partial charge in [-0.25, -0.2) is 0 Å². The molecule has 1 amide bonds. The number of phenols is 1. The Morgan fingerprint density at radius 3 is 2.61 bits per heavy atom. The Morgan fingerprint density at radius 2 is 1.93 bits per heavy atom. The van der Waals surface area contributed by atoms with E-state index in [1.165, 1.54) is 25.0 Å². The van der Waals surface area contributed by atoms with Gasteiger partial charge in [0.25, 0.3) is 5.91 Å². The van der Waals surface area contributed by atoms with Crippen molar-refractivity contribution < 1.29 is 32.9 Å². The molecule has 7 rings (SSSR count). The molecule has 1 spiro atoms. The number of halogens is 3. The molecule has 6 nitrogen and oxygen atoms in total. The van der Waals surface area contributed by atoms with Crippen LogP contribution in [0.2, 0.25) is 0 Å². The van der Waals surface area contributed by atoms with Gasteiger partial charge < -0.3 is 19.8 Å². The SMILES string of the molecule is C[C@H]1C[C@H](N(C)C(=O)C#Cc2ccc(C(F)(F)F)cc2)[C@H]2Oc3c(O)ccc4c3[C@@]23CCN(CC2CC2)[C@H](C4)[C@]13O.